The van der Waals surface area contributed by atoms with Crippen LogP contribution in [0.2, 0.25) is 0 Å². The molecule has 0 aliphatic carbocycles. The fourth-order valence-electron chi connectivity index (χ4n) is 2.66. The third-order valence-corrected chi connectivity index (χ3v) is 6.11. The van der Waals surface area contributed by atoms with Crippen LogP contribution in [0.5, 0.6) is 0 Å². The molecule has 2 aromatic rings. The van der Waals surface area contributed by atoms with E-state index >= 15 is 0 Å². The topological polar surface area (TPSA) is 130 Å². The van der Waals surface area contributed by atoms with E-state index < -0.39 is 23.8 Å². The molecule has 0 spiro atoms. The Morgan fingerprint density at radius 3 is 1.73 bits per heavy atom. The maximum Gasteiger partial charge on any atom is 0.303 e. The standard InChI is InChI=1S/C23H24N2O6S2/c26-19(14-32-22(30)16-7-3-1-4-8-16)24-13-18(11-12-21(28)29)25-20(27)15-33-23(31)17-9-5-2-6-10-17/h1-10,18H,11-15H2,(H,24,26)(H,25,27)(H,28,29)/t18-/m0/s1. The third-order valence-electron chi connectivity index (χ3n) is 4.31. The smallest absolute Gasteiger partial charge is 0.303 e. The van der Waals surface area contributed by atoms with E-state index in [9.17, 15) is 24.0 Å². The van der Waals surface area contributed by atoms with Crippen LogP contribution in [0, 0.1) is 0 Å². The number of carboxylic acid groups (broad SMARTS) is 1. The maximum atomic E-state index is 12.3. The van der Waals surface area contributed by atoms with E-state index in [0.717, 1.165) is 23.5 Å². The van der Waals surface area contributed by atoms with Crippen molar-refractivity contribution >= 4 is 51.5 Å². The first-order valence-corrected chi connectivity index (χ1v) is 12.0. The summed E-state index contributed by atoms with van der Waals surface area (Å²) in [6, 6.07) is 16.5. The van der Waals surface area contributed by atoms with Crippen LogP contribution in [-0.4, -0.2) is 57.2 Å². The molecule has 0 saturated heterocycles. The van der Waals surface area contributed by atoms with Gasteiger partial charge in [-0.2, -0.15) is 0 Å². The minimum atomic E-state index is -1.03. The van der Waals surface area contributed by atoms with E-state index in [1.54, 1.807) is 60.7 Å². The van der Waals surface area contributed by atoms with Crippen molar-refractivity contribution < 1.29 is 29.1 Å². The quantitative estimate of drug-likeness (QED) is 0.416. The number of hydrogen-bond donors (Lipinski definition) is 3. The van der Waals surface area contributed by atoms with Crippen LogP contribution >= 0.6 is 23.5 Å². The Bertz CT molecular complexity index is 969. The molecule has 0 saturated carbocycles. The van der Waals surface area contributed by atoms with Crippen molar-refractivity contribution in [2.45, 2.75) is 18.9 Å². The molecule has 1 atom stereocenters. The van der Waals surface area contributed by atoms with Gasteiger partial charge in [-0.3, -0.25) is 24.0 Å². The summed E-state index contributed by atoms with van der Waals surface area (Å²) in [6.07, 6.45) is -0.0904. The van der Waals surface area contributed by atoms with Gasteiger partial charge in [-0.25, -0.2) is 0 Å². The van der Waals surface area contributed by atoms with Gasteiger partial charge in [-0.1, -0.05) is 84.2 Å². The Morgan fingerprint density at radius 2 is 1.24 bits per heavy atom. The fourth-order valence-corrected chi connectivity index (χ4v) is 3.97. The second-order valence-corrected chi connectivity index (χ2v) is 8.78. The Morgan fingerprint density at radius 1 is 0.758 bits per heavy atom. The van der Waals surface area contributed by atoms with E-state index in [2.05, 4.69) is 10.6 Å². The van der Waals surface area contributed by atoms with Crippen LogP contribution in [0.4, 0.5) is 0 Å². The van der Waals surface area contributed by atoms with Crippen molar-refractivity contribution in [1.29, 1.82) is 0 Å². The van der Waals surface area contributed by atoms with Gasteiger partial charge in [-0.15, -0.1) is 0 Å². The molecule has 33 heavy (non-hydrogen) atoms. The van der Waals surface area contributed by atoms with Gasteiger partial charge in [0.2, 0.25) is 22.0 Å². The van der Waals surface area contributed by atoms with Gasteiger partial charge < -0.3 is 15.7 Å². The lowest BCUT2D eigenvalue weighted by Crippen LogP contribution is -2.45. The average Bonchev–Trinajstić information content (AvgIpc) is 2.83. The fraction of sp³-hybridized carbons (Fsp3) is 0.261. The van der Waals surface area contributed by atoms with Crippen LogP contribution < -0.4 is 10.6 Å². The number of carboxylic acids is 1. The molecule has 0 aliphatic rings. The molecule has 8 nitrogen and oxygen atoms in total. The molecule has 2 amide bonds. The van der Waals surface area contributed by atoms with Crippen LogP contribution in [0.3, 0.4) is 0 Å². The van der Waals surface area contributed by atoms with Gasteiger partial charge in [0.05, 0.1) is 11.5 Å². The van der Waals surface area contributed by atoms with E-state index in [-0.39, 0.29) is 41.1 Å². The second kappa shape index (κ2) is 14.1. The highest BCUT2D eigenvalue weighted by Gasteiger charge is 2.17. The SMILES string of the molecule is O=C(O)CC[C@@H](CNC(=O)CSC(=O)c1ccccc1)NC(=O)CSC(=O)c1ccccc1. The minimum absolute atomic E-state index is 0.00917. The zero-order chi connectivity index (χ0) is 24.1. The number of rotatable bonds is 12. The molecule has 174 valence electrons. The molecule has 2 aromatic carbocycles. The van der Waals surface area contributed by atoms with Gasteiger partial charge in [0.25, 0.3) is 0 Å². The van der Waals surface area contributed by atoms with Gasteiger partial charge in [0.15, 0.2) is 0 Å². The highest BCUT2D eigenvalue weighted by atomic mass is 32.2. The Balaban J connectivity index is 1.79. The molecule has 0 aliphatic heterocycles. The van der Waals surface area contributed by atoms with Crippen LogP contribution in [-0.2, 0) is 14.4 Å². The minimum Gasteiger partial charge on any atom is -0.481 e. The molecule has 10 heteroatoms. The van der Waals surface area contributed by atoms with E-state index in [0.29, 0.717) is 11.1 Å². The van der Waals surface area contributed by atoms with E-state index in [4.69, 9.17) is 5.11 Å². The molecule has 0 bridgehead atoms. The monoisotopic (exact) mass is 488 g/mol. The summed E-state index contributed by atoms with van der Waals surface area (Å²) >= 11 is 1.70. The summed E-state index contributed by atoms with van der Waals surface area (Å²) < 4.78 is 0. The van der Waals surface area contributed by atoms with Crippen LogP contribution in [0.15, 0.2) is 60.7 Å². The van der Waals surface area contributed by atoms with Crippen molar-refractivity contribution in [3.63, 3.8) is 0 Å². The normalized spacial score (nSPS) is 11.3. The molecular formula is C23H24N2O6S2. The highest BCUT2D eigenvalue weighted by Crippen LogP contribution is 2.13. The molecule has 0 heterocycles. The predicted octanol–water partition coefficient (Wildman–Crippen LogP) is 2.60. The molecule has 0 unspecified atom stereocenters. The maximum absolute atomic E-state index is 12.3. The summed E-state index contributed by atoms with van der Waals surface area (Å²) in [5, 5.41) is 13.7. The van der Waals surface area contributed by atoms with Crippen molar-refractivity contribution in [1.82, 2.24) is 10.6 Å². The van der Waals surface area contributed by atoms with E-state index in [1.807, 2.05) is 0 Å². The van der Waals surface area contributed by atoms with Gasteiger partial charge in [0, 0.05) is 30.1 Å². The summed E-state index contributed by atoms with van der Waals surface area (Å²) in [6.45, 7) is 0.00917. The number of carbonyl (C=O) groups is 5. The first-order chi connectivity index (χ1) is 15.8. The van der Waals surface area contributed by atoms with E-state index in [1.165, 1.54) is 0 Å². The number of hydrogen-bond acceptors (Lipinski definition) is 7. The van der Waals surface area contributed by atoms with Crippen molar-refractivity contribution in [2.24, 2.45) is 0 Å². The zero-order valence-corrected chi connectivity index (χ0v) is 19.3. The summed E-state index contributed by atoms with van der Waals surface area (Å²) in [5.74, 6) is -2.12. The lowest BCUT2D eigenvalue weighted by Gasteiger charge is -2.18. The lowest BCUT2D eigenvalue weighted by atomic mass is 10.1. The molecule has 0 fully saturated rings. The summed E-state index contributed by atoms with van der Waals surface area (Å²) in [4.78, 5) is 59.5. The lowest BCUT2D eigenvalue weighted by molar-refractivity contribution is -0.137. The second-order valence-electron chi connectivity index (χ2n) is 6.89. The van der Waals surface area contributed by atoms with Crippen molar-refractivity contribution in [2.75, 3.05) is 18.1 Å². The molecule has 3 N–H and O–H groups in total. The summed E-state index contributed by atoms with van der Waals surface area (Å²) in [5.41, 5.74) is 0.969. The van der Waals surface area contributed by atoms with Crippen molar-refractivity contribution in [3.05, 3.63) is 71.8 Å². The van der Waals surface area contributed by atoms with Crippen LogP contribution in [0.25, 0.3) is 0 Å². The number of aliphatic carboxylic acids is 1. The molecule has 2 rings (SSSR count). The van der Waals surface area contributed by atoms with Crippen molar-refractivity contribution in [3.8, 4) is 0 Å². The largest absolute Gasteiger partial charge is 0.481 e. The highest BCUT2D eigenvalue weighted by molar-refractivity contribution is 8.14. The average molecular weight is 489 g/mol. The number of nitrogens with one attached hydrogen (secondary N) is 2. The Kier molecular flexibility index (Phi) is 11.2. The number of benzene rings is 2. The Hall–Kier alpha value is -3.11. The summed E-state index contributed by atoms with van der Waals surface area (Å²) in [7, 11) is 0. The molecular weight excluding hydrogens is 464 g/mol. The van der Waals surface area contributed by atoms with Gasteiger partial charge in [-0.05, 0) is 6.42 Å². The number of amides is 2. The molecule has 0 radical (unpaired) electrons. The van der Waals surface area contributed by atoms with Gasteiger partial charge in [0.1, 0.15) is 0 Å². The zero-order valence-electron chi connectivity index (χ0n) is 17.7. The predicted molar refractivity (Wildman–Crippen MR) is 128 cm³/mol. The number of thioether (sulfide) groups is 2. The van der Waals surface area contributed by atoms with Gasteiger partial charge >= 0.3 is 5.97 Å². The number of carbonyl (C=O) groups excluding carboxylic acids is 4. The third kappa shape index (κ3) is 10.4. The molecule has 0 aromatic heterocycles. The first kappa shape index (κ1) is 26.1. The Labute approximate surface area is 199 Å². The first-order valence-electron chi connectivity index (χ1n) is 10.1. The van der Waals surface area contributed by atoms with Crippen LogP contribution in [0.1, 0.15) is 33.6 Å².